The first-order valence-electron chi connectivity index (χ1n) is 11.8. The average Bonchev–Trinajstić information content (AvgIpc) is 3.15. The molecule has 0 aromatic heterocycles. The number of benzene rings is 2. The van der Waals surface area contributed by atoms with Crippen LogP contribution in [-0.4, -0.2) is 55.6 Å². The Bertz CT molecular complexity index is 1120. The zero-order valence-electron chi connectivity index (χ0n) is 19.1. The number of amides is 2. The molecule has 7 nitrogen and oxygen atoms in total. The normalized spacial score (nSPS) is 18.3. The van der Waals surface area contributed by atoms with Crippen molar-refractivity contribution >= 4 is 39.1 Å². The van der Waals surface area contributed by atoms with E-state index in [1.165, 1.54) is 0 Å². The van der Waals surface area contributed by atoms with Crippen LogP contribution in [0.4, 0.5) is 5.69 Å². The van der Waals surface area contributed by atoms with E-state index in [-0.39, 0.29) is 22.6 Å². The third kappa shape index (κ3) is 5.62. The maximum Gasteiger partial charge on any atom is 0.255 e. The second-order valence-electron chi connectivity index (χ2n) is 8.88. The van der Waals surface area contributed by atoms with Crippen LogP contribution in [0.5, 0.6) is 0 Å². The molecule has 0 radical (unpaired) electrons. The predicted octanol–water partition coefficient (Wildman–Crippen LogP) is 4.40. The lowest BCUT2D eigenvalue weighted by atomic mass is 9.95. The zero-order chi connectivity index (χ0) is 24.1. The van der Waals surface area contributed by atoms with Crippen LogP contribution >= 0.6 is 11.6 Å². The predicted molar refractivity (Wildman–Crippen MR) is 132 cm³/mol. The van der Waals surface area contributed by atoms with Crippen molar-refractivity contribution in [1.82, 2.24) is 9.21 Å². The first kappa shape index (κ1) is 24.7. The third-order valence-corrected chi connectivity index (χ3v) is 8.82. The molecule has 0 atom stereocenters. The van der Waals surface area contributed by atoms with Crippen molar-refractivity contribution in [1.29, 1.82) is 0 Å². The topological polar surface area (TPSA) is 86.8 Å². The van der Waals surface area contributed by atoms with E-state index in [0.29, 0.717) is 55.3 Å². The number of nitrogens with one attached hydrogen (secondary N) is 1. The van der Waals surface area contributed by atoms with Gasteiger partial charge in [-0.15, -0.1) is 0 Å². The molecule has 0 bridgehead atoms. The molecule has 2 aromatic rings. The van der Waals surface area contributed by atoms with Crippen molar-refractivity contribution < 1.29 is 18.0 Å². The number of piperidine rings is 1. The highest BCUT2D eigenvalue weighted by atomic mass is 35.5. The molecule has 2 aliphatic heterocycles. The molecule has 34 heavy (non-hydrogen) atoms. The highest BCUT2D eigenvalue weighted by Gasteiger charge is 2.29. The standard InChI is InChI=1S/C25H30ClN3O4S/c26-23-8-4-3-7-22(23)25(31)28-17-13-19(14-18-28)24(30)27-20-9-11-21(12-10-20)34(32,33)29-15-5-1-2-6-16-29/h3-4,7-12,19H,1-2,5-6,13-18H2,(H,27,30). The number of sulfonamides is 1. The van der Waals surface area contributed by atoms with E-state index in [1.807, 2.05) is 0 Å². The first-order valence-corrected chi connectivity index (χ1v) is 13.6. The number of nitrogens with zero attached hydrogens (tertiary/aromatic N) is 2. The summed E-state index contributed by atoms with van der Waals surface area (Å²) in [7, 11) is -3.52. The second kappa shape index (κ2) is 10.9. The molecule has 2 amide bonds. The van der Waals surface area contributed by atoms with E-state index in [0.717, 1.165) is 25.7 Å². The van der Waals surface area contributed by atoms with Crippen molar-refractivity contribution in [3.63, 3.8) is 0 Å². The van der Waals surface area contributed by atoms with Gasteiger partial charge in [-0.05, 0) is 62.1 Å². The average molecular weight is 504 g/mol. The maximum absolute atomic E-state index is 12.9. The molecule has 0 unspecified atom stereocenters. The molecule has 2 aliphatic rings. The van der Waals surface area contributed by atoms with E-state index in [1.54, 1.807) is 57.7 Å². The van der Waals surface area contributed by atoms with Gasteiger partial charge in [0.2, 0.25) is 15.9 Å². The molecule has 2 saturated heterocycles. The Balaban J connectivity index is 1.32. The number of likely N-dealkylation sites (tertiary alicyclic amines) is 1. The highest BCUT2D eigenvalue weighted by molar-refractivity contribution is 7.89. The fourth-order valence-electron chi connectivity index (χ4n) is 4.54. The number of carbonyl (C=O) groups excluding carboxylic acids is 2. The zero-order valence-corrected chi connectivity index (χ0v) is 20.7. The van der Waals surface area contributed by atoms with E-state index >= 15 is 0 Å². The van der Waals surface area contributed by atoms with Crippen LogP contribution in [0, 0.1) is 5.92 Å². The largest absolute Gasteiger partial charge is 0.339 e. The summed E-state index contributed by atoms with van der Waals surface area (Å²) in [4.78, 5) is 27.5. The Morgan fingerprint density at radius 1 is 0.853 bits per heavy atom. The van der Waals surface area contributed by atoms with Crippen LogP contribution in [-0.2, 0) is 14.8 Å². The summed E-state index contributed by atoms with van der Waals surface area (Å²) in [6.07, 6.45) is 5.01. The van der Waals surface area contributed by atoms with Gasteiger partial charge >= 0.3 is 0 Å². The summed E-state index contributed by atoms with van der Waals surface area (Å²) in [5.41, 5.74) is 1.04. The minimum atomic E-state index is -3.52. The van der Waals surface area contributed by atoms with Crippen LogP contribution in [0.1, 0.15) is 48.9 Å². The van der Waals surface area contributed by atoms with Crippen molar-refractivity contribution in [3.05, 3.63) is 59.1 Å². The lowest BCUT2D eigenvalue weighted by molar-refractivity contribution is -0.121. The van der Waals surface area contributed by atoms with Gasteiger partial charge in [-0.25, -0.2) is 8.42 Å². The van der Waals surface area contributed by atoms with Crippen LogP contribution in [0.2, 0.25) is 5.02 Å². The quantitative estimate of drug-likeness (QED) is 0.655. The maximum atomic E-state index is 12.9. The van der Waals surface area contributed by atoms with Gasteiger partial charge in [0, 0.05) is 37.8 Å². The van der Waals surface area contributed by atoms with Crippen molar-refractivity contribution in [3.8, 4) is 0 Å². The molecule has 2 heterocycles. The van der Waals surface area contributed by atoms with Gasteiger partial charge in [-0.3, -0.25) is 9.59 Å². The fourth-order valence-corrected chi connectivity index (χ4v) is 6.27. The summed E-state index contributed by atoms with van der Waals surface area (Å²) in [6.45, 7) is 2.07. The van der Waals surface area contributed by atoms with Crippen LogP contribution in [0.3, 0.4) is 0 Å². The molecule has 0 saturated carbocycles. The Kier molecular flexibility index (Phi) is 7.91. The first-order chi connectivity index (χ1) is 16.4. The van der Waals surface area contributed by atoms with Gasteiger partial charge in [0.1, 0.15) is 0 Å². The van der Waals surface area contributed by atoms with Crippen molar-refractivity contribution in [2.45, 2.75) is 43.4 Å². The Labute approximate surface area is 206 Å². The Morgan fingerprint density at radius 3 is 2.09 bits per heavy atom. The minimum absolute atomic E-state index is 0.118. The Morgan fingerprint density at radius 2 is 1.47 bits per heavy atom. The molecule has 182 valence electrons. The summed E-state index contributed by atoms with van der Waals surface area (Å²) >= 11 is 6.15. The molecule has 0 spiro atoms. The SMILES string of the molecule is O=C(Nc1ccc(S(=O)(=O)N2CCCCCC2)cc1)C1CCN(C(=O)c2ccccc2Cl)CC1. The number of carbonyl (C=O) groups is 2. The van der Waals surface area contributed by atoms with Gasteiger partial charge in [0.15, 0.2) is 0 Å². The molecular weight excluding hydrogens is 474 g/mol. The minimum Gasteiger partial charge on any atom is -0.339 e. The fraction of sp³-hybridized carbons (Fsp3) is 0.440. The van der Waals surface area contributed by atoms with Crippen LogP contribution in [0.15, 0.2) is 53.4 Å². The number of halogens is 1. The summed E-state index contributed by atoms with van der Waals surface area (Å²) < 4.78 is 27.4. The lowest BCUT2D eigenvalue weighted by Crippen LogP contribution is -2.41. The summed E-state index contributed by atoms with van der Waals surface area (Å²) in [6, 6.07) is 13.4. The van der Waals surface area contributed by atoms with Crippen molar-refractivity contribution in [2.75, 3.05) is 31.5 Å². The number of hydrogen-bond acceptors (Lipinski definition) is 4. The number of rotatable bonds is 5. The highest BCUT2D eigenvalue weighted by Crippen LogP contribution is 2.25. The van der Waals surface area contributed by atoms with E-state index in [2.05, 4.69) is 5.32 Å². The van der Waals surface area contributed by atoms with E-state index < -0.39 is 10.0 Å². The molecular formula is C25H30ClN3O4S. The van der Waals surface area contributed by atoms with Crippen LogP contribution < -0.4 is 5.32 Å². The summed E-state index contributed by atoms with van der Waals surface area (Å²) in [5, 5.41) is 3.32. The van der Waals surface area contributed by atoms with E-state index in [9.17, 15) is 18.0 Å². The summed E-state index contributed by atoms with van der Waals surface area (Å²) in [5.74, 6) is -0.450. The van der Waals surface area contributed by atoms with Crippen LogP contribution in [0.25, 0.3) is 0 Å². The monoisotopic (exact) mass is 503 g/mol. The third-order valence-electron chi connectivity index (χ3n) is 6.58. The molecule has 2 aromatic carbocycles. The molecule has 0 aliphatic carbocycles. The van der Waals surface area contributed by atoms with E-state index in [4.69, 9.17) is 11.6 Å². The van der Waals surface area contributed by atoms with Gasteiger partial charge in [0.05, 0.1) is 15.5 Å². The second-order valence-corrected chi connectivity index (χ2v) is 11.2. The smallest absolute Gasteiger partial charge is 0.255 e. The number of anilines is 1. The van der Waals surface area contributed by atoms with Gasteiger partial charge in [-0.2, -0.15) is 4.31 Å². The molecule has 1 N–H and O–H groups in total. The number of hydrogen-bond donors (Lipinski definition) is 1. The van der Waals surface area contributed by atoms with Gasteiger partial charge < -0.3 is 10.2 Å². The molecule has 2 fully saturated rings. The molecule has 9 heteroatoms. The lowest BCUT2D eigenvalue weighted by Gasteiger charge is -2.31. The van der Waals surface area contributed by atoms with Gasteiger partial charge in [-0.1, -0.05) is 36.6 Å². The Hall–Kier alpha value is -2.42. The molecule has 4 rings (SSSR count). The van der Waals surface area contributed by atoms with Crippen molar-refractivity contribution in [2.24, 2.45) is 5.92 Å². The van der Waals surface area contributed by atoms with Gasteiger partial charge in [0.25, 0.3) is 5.91 Å².